The van der Waals surface area contributed by atoms with Gasteiger partial charge in [0.25, 0.3) is 5.91 Å². The summed E-state index contributed by atoms with van der Waals surface area (Å²) >= 11 is 0. The van der Waals surface area contributed by atoms with Crippen LogP contribution >= 0.6 is 0 Å². The molecule has 1 amide bonds. The van der Waals surface area contributed by atoms with Gasteiger partial charge in [-0.2, -0.15) is 0 Å². The Morgan fingerprint density at radius 3 is 2.54 bits per heavy atom. The Morgan fingerprint density at radius 2 is 1.88 bits per heavy atom. The van der Waals surface area contributed by atoms with Crippen LogP contribution < -0.4 is 14.8 Å². The largest absolute Gasteiger partial charge is 0.493 e. The fraction of sp³-hybridized carbons (Fsp3) is 0.500. The van der Waals surface area contributed by atoms with Crippen molar-refractivity contribution in [3.63, 3.8) is 0 Å². The number of esters is 1. The number of hydrogen-bond donors (Lipinski definition) is 1. The van der Waals surface area contributed by atoms with Crippen LogP contribution in [0.3, 0.4) is 0 Å². The lowest BCUT2D eigenvalue weighted by Crippen LogP contribution is -2.42. The van der Waals surface area contributed by atoms with Gasteiger partial charge in [-0.05, 0) is 31.9 Å². The molecular formula is C20H27NO5. The van der Waals surface area contributed by atoms with Gasteiger partial charge in [0.05, 0.1) is 14.2 Å². The molecule has 1 unspecified atom stereocenters. The van der Waals surface area contributed by atoms with E-state index in [1.54, 1.807) is 38.3 Å². The van der Waals surface area contributed by atoms with Gasteiger partial charge in [-0.15, -0.1) is 0 Å². The molecule has 1 N–H and O–H groups in total. The average Bonchev–Trinajstić information content (AvgIpc) is 2.66. The van der Waals surface area contributed by atoms with Gasteiger partial charge >= 0.3 is 5.97 Å². The standard InChI is InChI=1S/C20H27NO5/c1-14(20(23)21-16-9-5-4-6-10-16)26-18(22)13-12-15-8-7-11-17(24-2)19(15)25-3/h7-8,11-14,16H,4-6,9-10H2,1-3H3,(H,21,23)/b13-12+. The third-order valence-corrected chi connectivity index (χ3v) is 4.45. The molecule has 0 bridgehead atoms. The van der Waals surface area contributed by atoms with Crippen LogP contribution in [-0.4, -0.2) is 38.2 Å². The Kier molecular flexibility index (Phi) is 7.51. The minimum Gasteiger partial charge on any atom is -0.493 e. The monoisotopic (exact) mass is 361 g/mol. The summed E-state index contributed by atoms with van der Waals surface area (Å²) in [6, 6.07) is 5.55. The maximum Gasteiger partial charge on any atom is 0.331 e. The van der Waals surface area contributed by atoms with Gasteiger partial charge in [0.15, 0.2) is 17.6 Å². The minimum atomic E-state index is -0.832. The third-order valence-electron chi connectivity index (χ3n) is 4.45. The summed E-state index contributed by atoms with van der Waals surface area (Å²) in [4.78, 5) is 24.2. The molecule has 26 heavy (non-hydrogen) atoms. The van der Waals surface area contributed by atoms with Crippen LogP contribution in [0.1, 0.15) is 44.6 Å². The van der Waals surface area contributed by atoms with Crippen LogP contribution in [0.5, 0.6) is 11.5 Å². The zero-order valence-corrected chi connectivity index (χ0v) is 15.6. The van der Waals surface area contributed by atoms with Crippen molar-refractivity contribution >= 4 is 18.0 Å². The van der Waals surface area contributed by atoms with Crippen molar-refractivity contribution in [3.8, 4) is 11.5 Å². The second-order valence-electron chi connectivity index (χ2n) is 6.34. The molecule has 1 aliphatic rings. The smallest absolute Gasteiger partial charge is 0.331 e. The van der Waals surface area contributed by atoms with E-state index in [4.69, 9.17) is 14.2 Å². The molecule has 0 radical (unpaired) electrons. The van der Waals surface area contributed by atoms with E-state index >= 15 is 0 Å². The van der Waals surface area contributed by atoms with Crippen LogP contribution in [-0.2, 0) is 14.3 Å². The number of hydrogen-bond acceptors (Lipinski definition) is 5. The Labute approximate surface area is 154 Å². The molecule has 1 saturated carbocycles. The summed E-state index contributed by atoms with van der Waals surface area (Å²) in [6.07, 6.45) is 7.48. The van der Waals surface area contributed by atoms with Crippen LogP contribution in [0.15, 0.2) is 24.3 Å². The quantitative estimate of drug-likeness (QED) is 0.597. The number of rotatable bonds is 7. The van der Waals surface area contributed by atoms with E-state index in [0.717, 1.165) is 25.7 Å². The fourth-order valence-electron chi connectivity index (χ4n) is 3.03. The van der Waals surface area contributed by atoms with E-state index in [9.17, 15) is 9.59 Å². The number of benzene rings is 1. The van der Waals surface area contributed by atoms with Crippen molar-refractivity contribution < 1.29 is 23.8 Å². The molecule has 1 aromatic rings. The highest BCUT2D eigenvalue weighted by Crippen LogP contribution is 2.31. The van der Waals surface area contributed by atoms with E-state index in [0.29, 0.717) is 17.1 Å². The van der Waals surface area contributed by atoms with E-state index in [1.807, 2.05) is 0 Å². The van der Waals surface area contributed by atoms with E-state index in [2.05, 4.69) is 5.32 Å². The lowest BCUT2D eigenvalue weighted by Gasteiger charge is -2.24. The van der Waals surface area contributed by atoms with E-state index in [1.165, 1.54) is 19.6 Å². The van der Waals surface area contributed by atoms with Gasteiger partial charge in [-0.3, -0.25) is 4.79 Å². The maximum absolute atomic E-state index is 12.2. The van der Waals surface area contributed by atoms with E-state index in [-0.39, 0.29) is 11.9 Å². The molecule has 2 rings (SSSR count). The summed E-state index contributed by atoms with van der Waals surface area (Å²) in [5.74, 6) is 0.268. The van der Waals surface area contributed by atoms with Crippen molar-refractivity contribution in [2.24, 2.45) is 0 Å². The molecule has 142 valence electrons. The number of para-hydroxylation sites is 1. The van der Waals surface area contributed by atoms with Gasteiger partial charge < -0.3 is 19.5 Å². The summed E-state index contributed by atoms with van der Waals surface area (Å²) in [5.41, 5.74) is 0.683. The van der Waals surface area contributed by atoms with Crippen LogP contribution in [0.2, 0.25) is 0 Å². The second kappa shape index (κ2) is 9.85. The molecule has 6 heteroatoms. The Balaban J connectivity index is 1.91. The van der Waals surface area contributed by atoms with Gasteiger partial charge in [0, 0.05) is 17.7 Å². The predicted octanol–water partition coefficient (Wildman–Crippen LogP) is 3.10. The normalized spacial score (nSPS) is 16.1. The lowest BCUT2D eigenvalue weighted by molar-refractivity contribution is -0.150. The highest BCUT2D eigenvalue weighted by atomic mass is 16.5. The third kappa shape index (κ3) is 5.51. The highest BCUT2D eigenvalue weighted by Gasteiger charge is 2.21. The number of nitrogens with one attached hydrogen (secondary N) is 1. The first-order valence-electron chi connectivity index (χ1n) is 8.95. The zero-order chi connectivity index (χ0) is 18.9. The zero-order valence-electron chi connectivity index (χ0n) is 15.6. The maximum atomic E-state index is 12.2. The van der Waals surface area contributed by atoms with Crippen molar-refractivity contribution in [1.82, 2.24) is 5.32 Å². The topological polar surface area (TPSA) is 73.9 Å². The number of ether oxygens (including phenoxy) is 3. The van der Waals surface area contributed by atoms with Gasteiger partial charge in [-0.25, -0.2) is 4.79 Å². The molecule has 1 fully saturated rings. The van der Waals surface area contributed by atoms with Crippen LogP contribution in [0.25, 0.3) is 6.08 Å². The number of carbonyl (C=O) groups is 2. The summed E-state index contributed by atoms with van der Waals surface area (Å²) in [6.45, 7) is 1.58. The average molecular weight is 361 g/mol. The van der Waals surface area contributed by atoms with Gasteiger partial charge in [0.1, 0.15) is 0 Å². The van der Waals surface area contributed by atoms with Gasteiger partial charge in [-0.1, -0.05) is 31.4 Å². The first kappa shape index (κ1) is 19.8. The molecular weight excluding hydrogens is 334 g/mol. The van der Waals surface area contributed by atoms with Crippen molar-refractivity contribution in [1.29, 1.82) is 0 Å². The van der Waals surface area contributed by atoms with Crippen molar-refractivity contribution in [2.75, 3.05) is 14.2 Å². The fourth-order valence-corrected chi connectivity index (χ4v) is 3.03. The number of methoxy groups -OCH3 is 2. The second-order valence-corrected chi connectivity index (χ2v) is 6.34. The van der Waals surface area contributed by atoms with Crippen molar-refractivity contribution in [3.05, 3.63) is 29.8 Å². The SMILES string of the molecule is COc1cccc(/C=C/C(=O)OC(C)C(=O)NC2CCCCC2)c1OC. The molecule has 6 nitrogen and oxygen atoms in total. The van der Waals surface area contributed by atoms with Crippen molar-refractivity contribution in [2.45, 2.75) is 51.2 Å². The number of amides is 1. The Morgan fingerprint density at radius 1 is 1.15 bits per heavy atom. The predicted molar refractivity (Wildman–Crippen MR) is 99.1 cm³/mol. The molecule has 1 atom stereocenters. The van der Waals surface area contributed by atoms with Crippen LogP contribution in [0, 0.1) is 0 Å². The van der Waals surface area contributed by atoms with Crippen LogP contribution in [0.4, 0.5) is 0 Å². The molecule has 0 aliphatic heterocycles. The highest BCUT2D eigenvalue weighted by molar-refractivity contribution is 5.90. The molecule has 1 aromatic carbocycles. The minimum absolute atomic E-state index is 0.189. The Bertz CT molecular complexity index is 650. The van der Waals surface area contributed by atoms with E-state index < -0.39 is 12.1 Å². The molecule has 0 heterocycles. The summed E-state index contributed by atoms with van der Waals surface area (Å²) in [5, 5.41) is 2.95. The Hall–Kier alpha value is -2.50. The van der Waals surface area contributed by atoms with Gasteiger partial charge in [0.2, 0.25) is 0 Å². The first-order valence-corrected chi connectivity index (χ1v) is 8.95. The molecule has 0 aromatic heterocycles. The molecule has 1 aliphatic carbocycles. The first-order chi connectivity index (χ1) is 12.5. The summed E-state index contributed by atoms with van der Waals surface area (Å²) in [7, 11) is 3.08. The number of carbonyl (C=O) groups excluding carboxylic acids is 2. The summed E-state index contributed by atoms with van der Waals surface area (Å²) < 4.78 is 15.7. The molecule has 0 saturated heterocycles. The molecule has 0 spiro atoms. The lowest BCUT2D eigenvalue weighted by atomic mass is 9.95.